The van der Waals surface area contributed by atoms with Crippen molar-refractivity contribution < 1.29 is 9.84 Å². The quantitative estimate of drug-likeness (QED) is 0.892. The molecule has 0 radical (unpaired) electrons. The minimum Gasteiger partial charge on any atom is -0.456 e. The van der Waals surface area contributed by atoms with Gasteiger partial charge < -0.3 is 9.84 Å². The van der Waals surface area contributed by atoms with E-state index in [1.54, 1.807) is 18.5 Å². The van der Waals surface area contributed by atoms with E-state index in [0.717, 1.165) is 11.3 Å². The molecule has 3 nitrogen and oxygen atoms in total. The first-order valence-corrected chi connectivity index (χ1v) is 5.78. The number of pyridine rings is 1. The van der Waals surface area contributed by atoms with E-state index in [1.807, 2.05) is 43.3 Å². The van der Waals surface area contributed by atoms with Crippen molar-refractivity contribution in [2.45, 2.75) is 13.5 Å². The molecule has 3 heteroatoms. The molecule has 92 valence electrons. The lowest BCUT2D eigenvalue weighted by Gasteiger charge is -2.11. The van der Waals surface area contributed by atoms with Gasteiger partial charge in [0.25, 0.3) is 0 Å². The molecule has 1 aromatic carbocycles. The number of ether oxygens (including phenoxy) is 1. The summed E-state index contributed by atoms with van der Waals surface area (Å²) in [5.41, 5.74) is 1.67. The predicted octanol–water partition coefficient (Wildman–Crippen LogP) is 3.40. The van der Waals surface area contributed by atoms with Crippen LogP contribution in [0.25, 0.3) is 6.08 Å². The molecule has 0 atom stereocenters. The average molecular weight is 241 g/mol. The highest BCUT2D eigenvalue weighted by atomic mass is 16.5. The summed E-state index contributed by atoms with van der Waals surface area (Å²) in [5.74, 6) is 1.39. The molecule has 0 aliphatic rings. The van der Waals surface area contributed by atoms with E-state index in [1.165, 1.54) is 0 Å². The van der Waals surface area contributed by atoms with Gasteiger partial charge in [0.15, 0.2) is 0 Å². The Morgan fingerprint density at radius 3 is 2.83 bits per heavy atom. The van der Waals surface area contributed by atoms with Gasteiger partial charge in [-0.1, -0.05) is 30.4 Å². The van der Waals surface area contributed by atoms with Crippen LogP contribution in [0.4, 0.5) is 0 Å². The summed E-state index contributed by atoms with van der Waals surface area (Å²) in [5, 5.41) is 9.24. The van der Waals surface area contributed by atoms with E-state index in [-0.39, 0.29) is 6.61 Å². The lowest BCUT2D eigenvalue weighted by molar-refractivity contribution is 0.276. The molecule has 0 unspecified atom stereocenters. The number of rotatable bonds is 4. The van der Waals surface area contributed by atoms with E-state index in [2.05, 4.69) is 4.98 Å². The lowest BCUT2D eigenvalue weighted by atomic mass is 10.2. The van der Waals surface area contributed by atoms with Gasteiger partial charge in [0.1, 0.15) is 11.5 Å². The topological polar surface area (TPSA) is 42.4 Å². The summed E-state index contributed by atoms with van der Waals surface area (Å²) in [7, 11) is 0. The van der Waals surface area contributed by atoms with Gasteiger partial charge in [-0.15, -0.1) is 0 Å². The van der Waals surface area contributed by atoms with Gasteiger partial charge in [-0.05, 0) is 19.1 Å². The Hall–Kier alpha value is -2.13. The first-order chi connectivity index (χ1) is 8.85. The Morgan fingerprint density at radius 2 is 2.06 bits per heavy atom. The van der Waals surface area contributed by atoms with Crippen LogP contribution in [0.5, 0.6) is 11.5 Å². The first-order valence-electron chi connectivity index (χ1n) is 5.78. The van der Waals surface area contributed by atoms with Crippen molar-refractivity contribution >= 4 is 6.08 Å². The van der Waals surface area contributed by atoms with Crippen LogP contribution in [-0.4, -0.2) is 10.1 Å². The second kappa shape index (κ2) is 5.98. The number of para-hydroxylation sites is 1. The van der Waals surface area contributed by atoms with Crippen LogP contribution in [0, 0.1) is 0 Å². The van der Waals surface area contributed by atoms with Crippen molar-refractivity contribution in [3.8, 4) is 11.5 Å². The Balaban J connectivity index is 2.34. The van der Waals surface area contributed by atoms with Crippen LogP contribution in [0.3, 0.4) is 0 Å². The number of aliphatic hydroxyl groups excluding tert-OH is 1. The van der Waals surface area contributed by atoms with E-state index in [0.29, 0.717) is 11.3 Å². The summed E-state index contributed by atoms with van der Waals surface area (Å²) in [6.45, 7) is 1.87. The normalized spacial score (nSPS) is 10.8. The summed E-state index contributed by atoms with van der Waals surface area (Å²) in [4.78, 5) is 3.96. The van der Waals surface area contributed by atoms with Gasteiger partial charge >= 0.3 is 0 Å². The second-order valence-electron chi connectivity index (χ2n) is 3.78. The number of nitrogens with zero attached hydrogens (tertiary/aromatic N) is 1. The van der Waals surface area contributed by atoms with Gasteiger partial charge in [0.05, 0.1) is 6.61 Å². The highest BCUT2D eigenvalue weighted by Gasteiger charge is 2.06. The third kappa shape index (κ3) is 2.76. The molecule has 1 N–H and O–H groups in total. The highest BCUT2D eigenvalue weighted by Crippen LogP contribution is 2.28. The Kier molecular flexibility index (Phi) is 4.10. The van der Waals surface area contributed by atoms with Crippen LogP contribution in [-0.2, 0) is 6.61 Å². The van der Waals surface area contributed by atoms with Gasteiger partial charge in [-0.25, -0.2) is 0 Å². The Morgan fingerprint density at radius 1 is 1.22 bits per heavy atom. The fourth-order valence-corrected chi connectivity index (χ4v) is 1.64. The summed E-state index contributed by atoms with van der Waals surface area (Å²) < 4.78 is 5.83. The van der Waals surface area contributed by atoms with Gasteiger partial charge in [-0.3, -0.25) is 4.98 Å². The molecular weight excluding hydrogens is 226 g/mol. The molecule has 0 saturated carbocycles. The number of hydrogen-bond donors (Lipinski definition) is 1. The van der Waals surface area contributed by atoms with Crippen LogP contribution in [0.2, 0.25) is 0 Å². The van der Waals surface area contributed by atoms with Crippen molar-refractivity contribution in [1.82, 2.24) is 4.98 Å². The third-order valence-electron chi connectivity index (χ3n) is 2.51. The maximum Gasteiger partial charge on any atom is 0.136 e. The van der Waals surface area contributed by atoms with Crippen molar-refractivity contribution in [2.24, 2.45) is 0 Å². The molecule has 1 heterocycles. The molecule has 0 bridgehead atoms. The number of aromatic nitrogens is 1. The molecular formula is C15H15NO2. The summed E-state index contributed by atoms with van der Waals surface area (Å²) >= 11 is 0. The van der Waals surface area contributed by atoms with Gasteiger partial charge in [0.2, 0.25) is 0 Å². The zero-order valence-electron chi connectivity index (χ0n) is 10.2. The van der Waals surface area contributed by atoms with Crippen molar-refractivity contribution in [1.29, 1.82) is 0 Å². The standard InChI is InChI=1S/C15H15NO2/c1-2-5-12-6-3-4-7-14(12)18-15-8-9-16-10-13(15)11-17/h2-10,17H,11H2,1H3/b5-2+. The van der Waals surface area contributed by atoms with E-state index in [9.17, 15) is 5.11 Å². The smallest absolute Gasteiger partial charge is 0.136 e. The van der Waals surface area contributed by atoms with Crippen molar-refractivity contribution in [2.75, 3.05) is 0 Å². The molecule has 0 spiro atoms. The molecule has 0 amide bonds. The molecule has 2 aromatic rings. The van der Waals surface area contributed by atoms with Crippen LogP contribution < -0.4 is 4.74 Å². The predicted molar refractivity (Wildman–Crippen MR) is 71.4 cm³/mol. The summed E-state index contributed by atoms with van der Waals surface area (Å²) in [6.07, 6.45) is 7.19. The van der Waals surface area contributed by atoms with E-state index < -0.39 is 0 Å². The third-order valence-corrected chi connectivity index (χ3v) is 2.51. The minimum absolute atomic E-state index is 0.0883. The lowest BCUT2D eigenvalue weighted by Crippen LogP contribution is -1.93. The average Bonchev–Trinajstić information content (AvgIpc) is 2.42. The van der Waals surface area contributed by atoms with Crippen LogP contribution in [0.15, 0.2) is 48.8 Å². The molecule has 0 fully saturated rings. The first kappa shape index (κ1) is 12.3. The van der Waals surface area contributed by atoms with Gasteiger partial charge in [-0.2, -0.15) is 0 Å². The minimum atomic E-state index is -0.0883. The van der Waals surface area contributed by atoms with Crippen LogP contribution >= 0.6 is 0 Å². The van der Waals surface area contributed by atoms with Crippen LogP contribution in [0.1, 0.15) is 18.1 Å². The van der Waals surface area contributed by atoms with Crippen molar-refractivity contribution in [3.05, 3.63) is 59.9 Å². The van der Waals surface area contributed by atoms with E-state index >= 15 is 0 Å². The SMILES string of the molecule is C/C=C/c1ccccc1Oc1ccncc1CO. The summed E-state index contributed by atoms with van der Waals surface area (Å²) in [6, 6.07) is 9.51. The fraction of sp³-hybridized carbons (Fsp3) is 0.133. The van der Waals surface area contributed by atoms with E-state index in [4.69, 9.17) is 4.74 Å². The molecule has 1 aromatic heterocycles. The highest BCUT2D eigenvalue weighted by molar-refractivity contribution is 5.57. The monoisotopic (exact) mass is 241 g/mol. The van der Waals surface area contributed by atoms with Crippen molar-refractivity contribution in [3.63, 3.8) is 0 Å². The maximum atomic E-state index is 9.24. The number of hydrogen-bond acceptors (Lipinski definition) is 3. The number of aliphatic hydroxyl groups is 1. The largest absolute Gasteiger partial charge is 0.456 e. The molecule has 2 rings (SSSR count). The van der Waals surface area contributed by atoms with Gasteiger partial charge in [0, 0.05) is 23.5 Å². The number of benzene rings is 1. The zero-order chi connectivity index (χ0) is 12.8. The molecule has 0 saturated heterocycles. The maximum absolute atomic E-state index is 9.24. The Labute approximate surface area is 106 Å². The molecule has 0 aliphatic heterocycles. The Bertz CT molecular complexity index is 550. The fourth-order valence-electron chi connectivity index (χ4n) is 1.64. The molecule has 18 heavy (non-hydrogen) atoms. The second-order valence-corrected chi connectivity index (χ2v) is 3.78. The zero-order valence-corrected chi connectivity index (χ0v) is 10.2. The molecule has 0 aliphatic carbocycles. The number of allylic oxidation sites excluding steroid dienone is 1.